The first-order valence-corrected chi connectivity index (χ1v) is 9.87. The molecule has 29 heavy (non-hydrogen) atoms. The van der Waals surface area contributed by atoms with E-state index in [4.69, 9.17) is 9.47 Å². The third-order valence-electron chi connectivity index (χ3n) is 5.23. The quantitative estimate of drug-likeness (QED) is 0.627. The predicted octanol–water partition coefficient (Wildman–Crippen LogP) is 3.12. The Balaban J connectivity index is 1.73. The number of benzene rings is 1. The van der Waals surface area contributed by atoms with Crippen molar-refractivity contribution < 1.29 is 14.3 Å². The minimum Gasteiger partial charge on any atom is -0.493 e. The minimum atomic E-state index is 0.00737. The van der Waals surface area contributed by atoms with Gasteiger partial charge in [0.1, 0.15) is 5.82 Å². The maximum absolute atomic E-state index is 12.1. The van der Waals surface area contributed by atoms with Crippen LogP contribution >= 0.6 is 0 Å². The Morgan fingerprint density at radius 1 is 1.17 bits per heavy atom. The summed E-state index contributed by atoms with van der Waals surface area (Å²) in [5, 5.41) is 9.00. The molecule has 2 atom stereocenters. The lowest BCUT2D eigenvalue weighted by Gasteiger charge is -2.20. The predicted molar refractivity (Wildman–Crippen MR) is 113 cm³/mol. The second kappa shape index (κ2) is 9.45. The molecule has 0 spiro atoms. The Morgan fingerprint density at radius 3 is 2.72 bits per heavy atom. The van der Waals surface area contributed by atoms with Crippen molar-refractivity contribution in [2.75, 3.05) is 38.4 Å². The Kier molecular flexibility index (Phi) is 6.74. The van der Waals surface area contributed by atoms with Gasteiger partial charge in [-0.2, -0.15) is 4.98 Å². The van der Waals surface area contributed by atoms with Crippen molar-refractivity contribution in [3.63, 3.8) is 0 Å². The zero-order valence-corrected chi connectivity index (χ0v) is 17.4. The number of hydrogen-bond donors (Lipinski definition) is 3. The van der Waals surface area contributed by atoms with E-state index in [1.807, 2.05) is 38.2 Å². The first-order valence-electron chi connectivity index (χ1n) is 9.87. The molecule has 1 fully saturated rings. The molecular formula is C21H29N5O3. The average molecular weight is 399 g/mol. The van der Waals surface area contributed by atoms with Gasteiger partial charge in [-0.3, -0.25) is 4.79 Å². The molecule has 8 nitrogen and oxygen atoms in total. The number of ether oxygens (including phenoxy) is 2. The molecule has 1 heterocycles. The van der Waals surface area contributed by atoms with Crippen molar-refractivity contribution >= 4 is 23.4 Å². The summed E-state index contributed by atoms with van der Waals surface area (Å²) >= 11 is 0. The molecule has 1 aromatic carbocycles. The van der Waals surface area contributed by atoms with Crippen LogP contribution in [0.25, 0.3) is 0 Å². The molecule has 156 valence electrons. The summed E-state index contributed by atoms with van der Waals surface area (Å²) in [6, 6.07) is 7.47. The standard InChI is InChI=1S/C21H29N5O3/c1-13-10-19(22-2)26-21(24-13)25-15-8-9-17(28-4)18(11-15)29-12-14-6-5-7-16(14)20(27)23-3/h8-11,14,16H,5-7,12H2,1-4H3,(H,23,27)(H2,22,24,25,26)/t14-,16+/m1/s1. The van der Waals surface area contributed by atoms with Gasteiger partial charge in [-0.1, -0.05) is 6.42 Å². The van der Waals surface area contributed by atoms with Crippen LogP contribution in [0, 0.1) is 18.8 Å². The van der Waals surface area contributed by atoms with Crippen LogP contribution in [0.5, 0.6) is 11.5 Å². The summed E-state index contributed by atoms with van der Waals surface area (Å²) in [6.45, 7) is 2.39. The molecule has 0 bridgehead atoms. The van der Waals surface area contributed by atoms with Gasteiger partial charge in [0.05, 0.1) is 13.7 Å². The highest BCUT2D eigenvalue weighted by Gasteiger charge is 2.33. The molecule has 0 radical (unpaired) electrons. The van der Waals surface area contributed by atoms with E-state index >= 15 is 0 Å². The molecule has 0 unspecified atom stereocenters. The van der Waals surface area contributed by atoms with Crippen molar-refractivity contribution in [3.05, 3.63) is 30.0 Å². The zero-order chi connectivity index (χ0) is 20.8. The second-order valence-electron chi connectivity index (χ2n) is 7.18. The van der Waals surface area contributed by atoms with Crippen LogP contribution in [0.1, 0.15) is 25.0 Å². The Bertz CT molecular complexity index is 858. The van der Waals surface area contributed by atoms with Crippen molar-refractivity contribution in [1.82, 2.24) is 15.3 Å². The number of methoxy groups -OCH3 is 1. The third kappa shape index (κ3) is 5.07. The van der Waals surface area contributed by atoms with Gasteiger partial charge in [0.15, 0.2) is 11.5 Å². The first-order chi connectivity index (χ1) is 14.0. The van der Waals surface area contributed by atoms with E-state index in [1.165, 1.54) is 0 Å². The lowest BCUT2D eigenvalue weighted by Crippen LogP contribution is -2.32. The Morgan fingerprint density at radius 2 is 2.00 bits per heavy atom. The van der Waals surface area contributed by atoms with Crippen LogP contribution in [0.15, 0.2) is 24.3 Å². The van der Waals surface area contributed by atoms with Gasteiger partial charge in [0, 0.05) is 49.4 Å². The summed E-state index contributed by atoms with van der Waals surface area (Å²) in [4.78, 5) is 20.9. The number of aryl methyl sites for hydroxylation is 1. The van der Waals surface area contributed by atoms with Gasteiger partial charge in [0.25, 0.3) is 0 Å². The summed E-state index contributed by atoms with van der Waals surface area (Å²) in [5.74, 6) is 2.82. The number of anilines is 3. The normalized spacial score (nSPS) is 18.2. The van der Waals surface area contributed by atoms with Gasteiger partial charge in [-0.15, -0.1) is 0 Å². The van der Waals surface area contributed by atoms with Crippen molar-refractivity contribution in [1.29, 1.82) is 0 Å². The monoisotopic (exact) mass is 399 g/mol. The molecule has 3 rings (SSSR count). The van der Waals surface area contributed by atoms with Crippen LogP contribution in [-0.2, 0) is 4.79 Å². The maximum Gasteiger partial charge on any atom is 0.229 e. The second-order valence-corrected chi connectivity index (χ2v) is 7.18. The van der Waals surface area contributed by atoms with E-state index in [0.717, 1.165) is 36.5 Å². The summed E-state index contributed by atoms with van der Waals surface area (Å²) in [5.41, 5.74) is 1.65. The van der Waals surface area contributed by atoms with Gasteiger partial charge >= 0.3 is 0 Å². The fraction of sp³-hybridized carbons (Fsp3) is 0.476. The fourth-order valence-corrected chi connectivity index (χ4v) is 3.71. The van der Waals surface area contributed by atoms with Gasteiger partial charge in [0.2, 0.25) is 11.9 Å². The number of nitrogens with zero attached hydrogens (tertiary/aromatic N) is 2. The molecule has 1 aliphatic carbocycles. The van der Waals surface area contributed by atoms with E-state index in [-0.39, 0.29) is 17.7 Å². The van der Waals surface area contributed by atoms with Gasteiger partial charge in [-0.05, 0) is 31.9 Å². The molecule has 2 aromatic rings. The first kappa shape index (κ1) is 20.7. The van der Waals surface area contributed by atoms with Crippen molar-refractivity contribution in [3.8, 4) is 11.5 Å². The number of hydrogen-bond acceptors (Lipinski definition) is 7. The SMILES string of the molecule is CNC(=O)[C@H]1CCC[C@@H]1COc1cc(Nc2nc(C)cc(NC)n2)ccc1OC. The fourth-order valence-electron chi connectivity index (χ4n) is 3.71. The number of amides is 1. The molecule has 1 amide bonds. The third-order valence-corrected chi connectivity index (χ3v) is 5.23. The van der Waals surface area contributed by atoms with Gasteiger partial charge in [-0.25, -0.2) is 4.98 Å². The van der Waals surface area contributed by atoms with Crippen LogP contribution in [0.2, 0.25) is 0 Å². The molecule has 0 saturated heterocycles. The van der Waals surface area contributed by atoms with Gasteiger partial charge < -0.3 is 25.4 Å². The van der Waals surface area contributed by atoms with Crippen LogP contribution in [0.3, 0.4) is 0 Å². The summed E-state index contributed by atoms with van der Waals surface area (Å²) < 4.78 is 11.5. The molecular weight excluding hydrogens is 370 g/mol. The number of carbonyl (C=O) groups excluding carboxylic acids is 1. The highest BCUT2D eigenvalue weighted by Crippen LogP contribution is 2.35. The number of rotatable bonds is 8. The highest BCUT2D eigenvalue weighted by molar-refractivity contribution is 5.78. The lowest BCUT2D eigenvalue weighted by atomic mass is 9.96. The number of nitrogens with one attached hydrogen (secondary N) is 3. The van der Waals surface area contributed by atoms with E-state index in [2.05, 4.69) is 25.9 Å². The van der Waals surface area contributed by atoms with Crippen LogP contribution in [0.4, 0.5) is 17.5 Å². The van der Waals surface area contributed by atoms with Crippen LogP contribution in [-0.4, -0.2) is 43.7 Å². The highest BCUT2D eigenvalue weighted by atomic mass is 16.5. The topological polar surface area (TPSA) is 97.4 Å². The molecule has 3 N–H and O–H groups in total. The smallest absolute Gasteiger partial charge is 0.229 e. The van der Waals surface area contributed by atoms with E-state index in [1.54, 1.807) is 14.2 Å². The summed E-state index contributed by atoms with van der Waals surface area (Å²) in [6.07, 6.45) is 2.94. The van der Waals surface area contributed by atoms with E-state index < -0.39 is 0 Å². The van der Waals surface area contributed by atoms with Crippen LogP contribution < -0.4 is 25.4 Å². The van der Waals surface area contributed by atoms with E-state index in [0.29, 0.717) is 24.1 Å². The number of carbonyl (C=O) groups is 1. The molecule has 1 saturated carbocycles. The molecule has 0 aliphatic heterocycles. The average Bonchev–Trinajstić information content (AvgIpc) is 3.20. The molecule has 1 aromatic heterocycles. The maximum atomic E-state index is 12.1. The number of aromatic nitrogens is 2. The summed E-state index contributed by atoms with van der Waals surface area (Å²) in [7, 11) is 5.12. The zero-order valence-electron chi connectivity index (χ0n) is 17.4. The van der Waals surface area contributed by atoms with Crippen molar-refractivity contribution in [2.45, 2.75) is 26.2 Å². The molecule has 8 heteroatoms. The Hall–Kier alpha value is -3.03. The van der Waals surface area contributed by atoms with E-state index in [9.17, 15) is 4.79 Å². The Labute approximate surface area is 171 Å². The lowest BCUT2D eigenvalue weighted by molar-refractivity contribution is -0.125. The minimum absolute atomic E-state index is 0.00737. The van der Waals surface area contributed by atoms with Crippen molar-refractivity contribution in [2.24, 2.45) is 11.8 Å². The largest absolute Gasteiger partial charge is 0.493 e. The molecule has 1 aliphatic rings.